The second kappa shape index (κ2) is 9.43. The van der Waals surface area contributed by atoms with Gasteiger partial charge in [0.05, 0.1) is 0 Å². The molecule has 0 aromatic heterocycles. The molecule has 2 heterocycles. The van der Waals surface area contributed by atoms with E-state index in [0.29, 0.717) is 0 Å². The van der Waals surface area contributed by atoms with Crippen molar-refractivity contribution in [1.82, 2.24) is 9.80 Å². The largest absolute Gasteiger partial charge is 0.303 e. The predicted octanol–water partition coefficient (Wildman–Crippen LogP) is 5.47. The van der Waals surface area contributed by atoms with Crippen molar-refractivity contribution in [2.24, 2.45) is 5.92 Å². The first-order chi connectivity index (χ1) is 11.7. The minimum absolute atomic E-state index is 0.718. The van der Waals surface area contributed by atoms with E-state index in [1.54, 1.807) is 0 Å². The van der Waals surface area contributed by atoms with Gasteiger partial charge in [0.15, 0.2) is 0 Å². The Morgan fingerprint density at radius 1 is 0.875 bits per heavy atom. The second-order valence-corrected chi connectivity index (χ2v) is 8.34. The Kier molecular flexibility index (Phi) is 7.27. The third-order valence-corrected chi connectivity index (χ3v) is 6.26. The molecule has 0 bridgehead atoms. The molecule has 1 aromatic carbocycles. The fourth-order valence-electron chi connectivity index (χ4n) is 4.05. The Balaban J connectivity index is 1.39. The summed E-state index contributed by atoms with van der Waals surface area (Å²) in [5.74, 6) is 0.908. The third kappa shape index (κ3) is 5.62. The topological polar surface area (TPSA) is 6.48 Å². The molecule has 0 N–H and O–H groups in total. The number of benzene rings is 1. The summed E-state index contributed by atoms with van der Waals surface area (Å²) in [6, 6.07) is 5.86. The maximum absolute atomic E-state index is 6.31. The van der Waals surface area contributed by atoms with Crippen LogP contribution in [0.5, 0.6) is 0 Å². The van der Waals surface area contributed by atoms with E-state index in [4.69, 9.17) is 23.2 Å². The van der Waals surface area contributed by atoms with Crippen molar-refractivity contribution in [2.45, 2.75) is 51.5 Å². The third-order valence-electron chi connectivity index (χ3n) is 5.67. The lowest BCUT2D eigenvalue weighted by molar-refractivity contribution is 0.159. The van der Waals surface area contributed by atoms with Crippen molar-refractivity contribution >= 4 is 23.2 Å². The molecule has 2 aliphatic heterocycles. The minimum Gasteiger partial charge on any atom is -0.303 e. The average molecular weight is 369 g/mol. The van der Waals surface area contributed by atoms with E-state index < -0.39 is 0 Å². The van der Waals surface area contributed by atoms with E-state index in [9.17, 15) is 0 Å². The van der Waals surface area contributed by atoms with Crippen molar-refractivity contribution in [3.8, 4) is 0 Å². The van der Waals surface area contributed by atoms with Gasteiger partial charge in [-0.1, -0.05) is 42.1 Å². The number of hydrogen-bond acceptors (Lipinski definition) is 2. The summed E-state index contributed by atoms with van der Waals surface area (Å²) in [6.45, 7) is 7.32. The van der Waals surface area contributed by atoms with Gasteiger partial charge in [0, 0.05) is 16.6 Å². The van der Waals surface area contributed by atoms with Crippen LogP contribution in [0.4, 0.5) is 0 Å². The molecule has 0 amide bonds. The summed E-state index contributed by atoms with van der Waals surface area (Å²) in [4.78, 5) is 5.24. The van der Waals surface area contributed by atoms with Gasteiger partial charge in [-0.15, -0.1) is 0 Å². The summed E-state index contributed by atoms with van der Waals surface area (Å²) >= 11 is 12.3. The molecule has 2 aliphatic rings. The zero-order valence-corrected chi connectivity index (χ0v) is 16.2. The van der Waals surface area contributed by atoms with Crippen molar-refractivity contribution in [3.05, 3.63) is 33.8 Å². The fourth-order valence-corrected chi connectivity index (χ4v) is 4.52. The van der Waals surface area contributed by atoms with E-state index in [1.807, 2.05) is 12.1 Å². The quantitative estimate of drug-likeness (QED) is 0.679. The molecule has 0 radical (unpaired) electrons. The molecule has 0 saturated carbocycles. The maximum Gasteiger partial charge on any atom is 0.0465 e. The standard InChI is InChI=1S/C20H30Cl2N2/c21-19-6-5-18(20(22)15-19)16-24-13-8-17(9-14-24)7-12-23-10-3-1-2-4-11-23/h5-6,15,17H,1-4,7-14,16H2. The van der Waals surface area contributed by atoms with E-state index in [-0.39, 0.29) is 0 Å². The van der Waals surface area contributed by atoms with Gasteiger partial charge < -0.3 is 4.90 Å². The minimum atomic E-state index is 0.718. The molecular weight excluding hydrogens is 339 g/mol. The lowest BCUT2D eigenvalue weighted by Crippen LogP contribution is -2.35. The fraction of sp³-hybridized carbons (Fsp3) is 0.700. The Morgan fingerprint density at radius 2 is 1.58 bits per heavy atom. The molecule has 0 atom stereocenters. The second-order valence-electron chi connectivity index (χ2n) is 7.50. The molecule has 2 nitrogen and oxygen atoms in total. The predicted molar refractivity (Wildman–Crippen MR) is 104 cm³/mol. The van der Waals surface area contributed by atoms with Crippen molar-refractivity contribution in [2.75, 3.05) is 32.7 Å². The Labute approximate surface area is 157 Å². The first-order valence-corrected chi connectivity index (χ1v) is 10.3. The highest BCUT2D eigenvalue weighted by molar-refractivity contribution is 6.35. The van der Waals surface area contributed by atoms with Gasteiger partial charge in [0.1, 0.15) is 0 Å². The van der Waals surface area contributed by atoms with E-state index in [1.165, 1.54) is 83.2 Å². The van der Waals surface area contributed by atoms with E-state index in [0.717, 1.165) is 22.5 Å². The first kappa shape index (κ1) is 18.5. The normalized spacial score (nSPS) is 21.8. The van der Waals surface area contributed by atoms with Crippen LogP contribution in [0.2, 0.25) is 10.0 Å². The maximum atomic E-state index is 6.31. The summed E-state index contributed by atoms with van der Waals surface area (Å²) in [6.07, 6.45) is 9.72. The molecule has 2 saturated heterocycles. The first-order valence-electron chi connectivity index (χ1n) is 9.59. The van der Waals surface area contributed by atoms with Gasteiger partial charge in [-0.2, -0.15) is 0 Å². The van der Waals surface area contributed by atoms with Gasteiger partial charge in [0.2, 0.25) is 0 Å². The lowest BCUT2D eigenvalue weighted by Gasteiger charge is -2.33. The molecule has 0 aliphatic carbocycles. The molecule has 2 fully saturated rings. The van der Waals surface area contributed by atoms with Crippen LogP contribution in [-0.4, -0.2) is 42.5 Å². The molecule has 4 heteroatoms. The number of hydrogen-bond donors (Lipinski definition) is 0. The molecule has 0 spiro atoms. The van der Waals surface area contributed by atoms with E-state index >= 15 is 0 Å². The van der Waals surface area contributed by atoms with Crippen LogP contribution in [0.15, 0.2) is 18.2 Å². The van der Waals surface area contributed by atoms with Crippen LogP contribution < -0.4 is 0 Å². The summed E-state index contributed by atoms with van der Waals surface area (Å²) in [7, 11) is 0. The van der Waals surface area contributed by atoms with Gasteiger partial charge in [-0.3, -0.25) is 4.90 Å². The van der Waals surface area contributed by atoms with Crippen LogP contribution in [-0.2, 0) is 6.54 Å². The molecule has 1 aromatic rings. The Bertz CT molecular complexity index is 504. The lowest BCUT2D eigenvalue weighted by atomic mass is 9.93. The van der Waals surface area contributed by atoms with Crippen LogP contribution in [0.25, 0.3) is 0 Å². The number of rotatable bonds is 5. The van der Waals surface area contributed by atoms with Gasteiger partial charge in [-0.25, -0.2) is 0 Å². The SMILES string of the molecule is Clc1ccc(CN2CCC(CCN3CCCCCC3)CC2)c(Cl)c1. The molecular formula is C20H30Cl2N2. The van der Waals surface area contributed by atoms with Crippen LogP contribution in [0.3, 0.4) is 0 Å². The van der Waals surface area contributed by atoms with Crippen LogP contribution in [0.1, 0.15) is 50.5 Å². The number of nitrogens with zero attached hydrogens (tertiary/aromatic N) is 2. The Hall–Kier alpha value is -0.280. The van der Waals surface area contributed by atoms with Crippen molar-refractivity contribution < 1.29 is 0 Å². The Morgan fingerprint density at radius 3 is 2.25 bits per heavy atom. The summed E-state index contributed by atoms with van der Waals surface area (Å²) < 4.78 is 0. The number of piperidine rings is 1. The number of halogens is 2. The van der Waals surface area contributed by atoms with Crippen molar-refractivity contribution in [1.29, 1.82) is 0 Å². The molecule has 0 unspecified atom stereocenters. The molecule has 3 rings (SSSR count). The highest BCUT2D eigenvalue weighted by Crippen LogP contribution is 2.26. The highest BCUT2D eigenvalue weighted by atomic mass is 35.5. The van der Waals surface area contributed by atoms with Gasteiger partial charge >= 0.3 is 0 Å². The van der Waals surface area contributed by atoms with Gasteiger partial charge in [-0.05, 0) is 88.4 Å². The van der Waals surface area contributed by atoms with Crippen LogP contribution >= 0.6 is 23.2 Å². The highest BCUT2D eigenvalue weighted by Gasteiger charge is 2.20. The average Bonchev–Trinajstić information content (AvgIpc) is 2.85. The van der Waals surface area contributed by atoms with Crippen molar-refractivity contribution in [3.63, 3.8) is 0 Å². The zero-order chi connectivity index (χ0) is 16.8. The smallest absolute Gasteiger partial charge is 0.0465 e. The monoisotopic (exact) mass is 368 g/mol. The van der Waals surface area contributed by atoms with Crippen LogP contribution in [0, 0.1) is 5.92 Å². The summed E-state index contributed by atoms with van der Waals surface area (Å²) in [5.41, 5.74) is 1.20. The molecule has 24 heavy (non-hydrogen) atoms. The molecule has 134 valence electrons. The van der Waals surface area contributed by atoms with E-state index in [2.05, 4.69) is 15.9 Å². The number of likely N-dealkylation sites (tertiary alicyclic amines) is 2. The van der Waals surface area contributed by atoms with Gasteiger partial charge in [0.25, 0.3) is 0 Å². The zero-order valence-electron chi connectivity index (χ0n) is 14.7. The summed E-state index contributed by atoms with van der Waals surface area (Å²) in [5, 5.41) is 1.52.